The van der Waals surface area contributed by atoms with Gasteiger partial charge in [0.15, 0.2) is 0 Å². The van der Waals surface area contributed by atoms with Crippen molar-refractivity contribution in [3.8, 4) is 0 Å². The van der Waals surface area contributed by atoms with E-state index < -0.39 is 16.1 Å². The normalized spacial score (nSPS) is 16.5. The molecule has 1 aromatic carbocycles. The molecule has 26 heavy (non-hydrogen) atoms. The first-order valence-electron chi connectivity index (χ1n) is 8.96. The smallest absolute Gasteiger partial charge is 0.243 e. The maximum atomic E-state index is 12.5. The average Bonchev–Trinajstić information content (AvgIpc) is 3.07. The summed E-state index contributed by atoms with van der Waals surface area (Å²) in [6, 6.07) is 4.17. The van der Waals surface area contributed by atoms with E-state index >= 15 is 0 Å². The number of amides is 1. The molecule has 1 amide bonds. The average molecular weight is 402 g/mol. The topological polar surface area (TPSA) is 69.7 Å². The summed E-state index contributed by atoms with van der Waals surface area (Å²) < 4.78 is 25.8. The fourth-order valence-electron chi connectivity index (χ4n) is 3.27. The minimum atomic E-state index is -3.64. The molecule has 1 atom stereocenters. The Kier molecular flexibility index (Phi) is 7.32. The number of carbonyl (C=O) groups is 1. The number of nitrogens with zero attached hydrogens (tertiary/aromatic N) is 2. The van der Waals surface area contributed by atoms with Crippen LogP contribution in [0.3, 0.4) is 0 Å². The molecular formula is C18H28ClN3O3S. The number of likely N-dealkylation sites (tertiary alicyclic amines) is 1. The van der Waals surface area contributed by atoms with Gasteiger partial charge < -0.3 is 10.2 Å². The Morgan fingerprint density at radius 2 is 2.00 bits per heavy atom. The van der Waals surface area contributed by atoms with Crippen molar-refractivity contribution in [3.63, 3.8) is 0 Å². The molecule has 0 saturated carbocycles. The van der Waals surface area contributed by atoms with Crippen LogP contribution in [0.2, 0.25) is 5.02 Å². The molecule has 0 spiro atoms. The van der Waals surface area contributed by atoms with Crippen LogP contribution in [-0.2, 0) is 14.8 Å². The van der Waals surface area contributed by atoms with Crippen molar-refractivity contribution < 1.29 is 13.2 Å². The van der Waals surface area contributed by atoms with Gasteiger partial charge in [0.1, 0.15) is 6.04 Å². The molecule has 1 fully saturated rings. The van der Waals surface area contributed by atoms with E-state index in [4.69, 9.17) is 11.6 Å². The second kappa shape index (κ2) is 9.06. The molecule has 2 rings (SSSR count). The van der Waals surface area contributed by atoms with Crippen LogP contribution in [0.4, 0.5) is 5.69 Å². The van der Waals surface area contributed by atoms with E-state index in [9.17, 15) is 13.2 Å². The summed E-state index contributed by atoms with van der Waals surface area (Å²) in [5.41, 5.74) is 1.17. The lowest BCUT2D eigenvalue weighted by molar-refractivity contribution is -0.121. The van der Waals surface area contributed by atoms with Gasteiger partial charge in [-0.2, -0.15) is 0 Å². The van der Waals surface area contributed by atoms with Gasteiger partial charge in [-0.3, -0.25) is 9.10 Å². The number of hydrogen-bond acceptors (Lipinski definition) is 4. The highest BCUT2D eigenvalue weighted by atomic mass is 35.5. The third-order valence-electron chi connectivity index (χ3n) is 4.65. The first-order chi connectivity index (χ1) is 12.2. The third-order valence-corrected chi connectivity index (χ3v) is 6.11. The fourth-order valence-corrected chi connectivity index (χ4v) is 4.66. The van der Waals surface area contributed by atoms with Gasteiger partial charge in [-0.05, 0) is 70.4 Å². The van der Waals surface area contributed by atoms with Gasteiger partial charge in [0, 0.05) is 11.6 Å². The number of anilines is 1. The first kappa shape index (κ1) is 21.0. The standard InChI is InChI=1S/C18H28ClN3O3S/c1-14-7-8-16(19)13-17(14)22(26(3,24)25)15(2)18(23)20-9-6-12-21-10-4-5-11-21/h7-8,13,15H,4-6,9-12H2,1-3H3,(H,20,23)/t15-/m0/s1. The molecule has 0 aliphatic carbocycles. The molecule has 0 unspecified atom stereocenters. The zero-order chi connectivity index (χ0) is 19.3. The van der Waals surface area contributed by atoms with Crippen LogP contribution in [0.15, 0.2) is 18.2 Å². The van der Waals surface area contributed by atoms with E-state index in [2.05, 4.69) is 10.2 Å². The molecule has 1 N–H and O–H groups in total. The van der Waals surface area contributed by atoms with Crippen molar-refractivity contribution in [3.05, 3.63) is 28.8 Å². The fraction of sp³-hybridized carbons (Fsp3) is 0.611. The highest BCUT2D eigenvalue weighted by Gasteiger charge is 2.30. The van der Waals surface area contributed by atoms with Crippen LogP contribution in [0, 0.1) is 6.92 Å². The predicted molar refractivity (Wildman–Crippen MR) is 106 cm³/mol. The van der Waals surface area contributed by atoms with Gasteiger partial charge >= 0.3 is 0 Å². The Morgan fingerprint density at radius 3 is 2.62 bits per heavy atom. The monoisotopic (exact) mass is 401 g/mol. The minimum Gasteiger partial charge on any atom is -0.354 e. The number of aryl methyl sites for hydroxylation is 1. The number of benzene rings is 1. The van der Waals surface area contributed by atoms with Crippen LogP contribution in [0.5, 0.6) is 0 Å². The highest BCUT2D eigenvalue weighted by Crippen LogP contribution is 2.28. The van der Waals surface area contributed by atoms with Gasteiger partial charge in [-0.15, -0.1) is 0 Å². The number of sulfonamides is 1. The van der Waals surface area contributed by atoms with Crippen molar-refractivity contribution in [1.29, 1.82) is 0 Å². The third kappa shape index (κ3) is 5.59. The highest BCUT2D eigenvalue weighted by molar-refractivity contribution is 7.92. The molecular weight excluding hydrogens is 374 g/mol. The summed E-state index contributed by atoms with van der Waals surface area (Å²) in [7, 11) is -3.64. The minimum absolute atomic E-state index is 0.309. The Bertz CT molecular complexity index is 733. The molecule has 1 heterocycles. The van der Waals surface area contributed by atoms with Crippen molar-refractivity contribution in [1.82, 2.24) is 10.2 Å². The second-order valence-corrected chi connectivity index (χ2v) is 9.15. The summed E-state index contributed by atoms with van der Waals surface area (Å²) in [5.74, 6) is -0.309. The molecule has 0 bridgehead atoms. The van der Waals surface area contributed by atoms with Crippen LogP contribution >= 0.6 is 11.6 Å². The lowest BCUT2D eigenvalue weighted by Gasteiger charge is -2.29. The molecule has 1 aliphatic heterocycles. The molecule has 1 saturated heterocycles. The van der Waals surface area contributed by atoms with Crippen LogP contribution in [0.25, 0.3) is 0 Å². The molecule has 1 aromatic rings. The molecule has 146 valence electrons. The Labute approximate surface area is 161 Å². The van der Waals surface area contributed by atoms with Crippen molar-refractivity contribution in [2.24, 2.45) is 0 Å². The summed E-state index contributed by atoms with van der Waals surface area (Å²) in [5, 5.41) is 3.29. The number of hydrogen-bond donors (Lipinski definition) is 1. The lowest BCUT2D eigenvalue weighted by Crippen LogP contribution is -2.48. The molecule has 6 nitrogen and oxygen atoms in total. The van der Waals surface area contributed by atoms with Crippen molar-refractivity contribution in [2.75, 3.05) is 36.7 Å². The SMILES string of the molecule is Cc1ccc(Cl)cc1N([C@@H](C)C(=O)NCCCN1CCCC1)S(C)(=O)=O. The zero-order valence-corrected chi connectivity index (χ0v) is 17.2. The van der Waals surface area contributed by atoms with Gasteiger partial charge in [-0.25, -0.2) is 8.42 Å². The van der Waals surface area contributed by atoms with E-state index in [1.807, 2.05) is 0 Å². The maximum Gasteiger partial charge on any atom is 0.243 e. The summed E-state index contributed by atoms with van der Waals surface area (Å²) in [6.45, 7) is 7.13. The number of halogens is 1. The van der Waals surface area contributed by atoms with Gasteiger partial charge in [0.25, 0.3) is 0 Å². The Hall–Kier alpha value is -1.31. The van der Waals surface area contributed by atoms with Crippen LogP contribution < -0.4 is 9.62 Å². The molecule has 0 aromatic heterocycles. The largest absolute Gasteiger partial charge is 0.354 e. The number of rotatable bonds is 8. The quantitative estimate of drug-likeness (QED) is 0.679. The first-order valence-corrected chi connectivity index (χ1v) is 11.2. The number of carbonyl (C=O) groups excluding carboxylic acids is 1. The van der Waals surface area contributed by atoms with Crippen molar-refractivity contribution in [2.45, 2.75) is 39.2 Å². The Balaban J connectivity index is 2.02. The summed E-state index contributed by atoms with van der Waals surface area (Å²) >= 11 is 6.03. The van der Waals surface area contributed by atoms with Crippen LogP contribution in [0.1, 0.15) is 31.7 Å². The summed E-state index contributed by atoms with van der Waals surface area (Å²) in [6.07, 6.45) is 4.44. The van der Waals surface area contributed by atoms with Gasteiger partial charge in [0.2, 0.25) is 15.9 Å². The van der Waals surface area contributed by atoms with E-state index in [-0.39, 0.29) is 5.91 Å². The van der Waals surface area contributed by atoms with Gasteiger partial charge in [0.05, 0.1) is 11.9 Å². The summed E-state index contributed by atoms with van der Waals surface area (Å²) in [4.78, 5) is 14.9. The van der Waals surface area contributed by atoms with E-state index in [0.717, 1.165) is 42.2 Å². The van der Waals surface area contributed by atoms with E-state index in [1.165, 1.54) is 12.8 Å². The zero-order valence-electron chi connectivity index (χ0n) is 15.7. The lowest BCUT2D eigenvalue weighted by atomic mass is 10.2. The number of nitrogens with one attached hydrogen (secondary N) is 1. The Morgan fingerprint density at radius 1 is 1.35 bits per heavy atom. The van der Waals surface area contributed by atoms with E-state index in [0.29, 0.717) is 17.3 Å². The molecule has 8 heteroatoms. The molecule has 0 radical (unpaired) electrons. The molecule has 1 aliphatic rings. The van der Waals surface area contributed by atoms with E-state index in [1.54, 1.807) is 32.0 Å². The van der Waals surface area contributed by atoms with Crippen molar-refractivity contribution >= 4 is 33.2 Å². The van der Waals surface area contributed by atoms with Crippen LogP contribution in [-0.4, -0.2) is 57.7 Å². The second-order valence-electron chi connectivity index (χ2n) is 6.86. The maximum absolute atomic E-state index is 12.5. The van der Waals surface area contributed by atoms with Gasteiger partial charge in [-0.1, -0.05) is 17.7 Å². The predicted octanol–water partition coefficient (Wildman–Crippen LogP) is 2.41.